The number of benzene rings is 1. The zero-order valence-electron chi connectivity index (χ0n) is 12.6. The van der Waals surface area contributed by atoms with Gasteiger partial charge in [0, 0.05) is 11.8 Å². The average Bonchev–Trinajstić information content (AvgIpc) is 2.89. The normalized spacial score (nSPS) is 10.5. The molecule has 0 saturated carbocycles. The van der Waals surface area contributed by atoms with E-state index in [1.807, 2.05) is 13.0 Å². The molecule has 0 unspecified atom stereocenters. The van der Waals surface area contributed by atoms with Crippen LogP contribution in [0.1, 0.15) is 16.9 Å². The van der Waals surface area contributed by atoms with E-state index in [0.717, 1.165) is 5.69 Å². The summed E-state index contributed by atoms with van der Waals surface area (Å²) in [4.78, 5) is 4.35. The van der Waals surface area contributed by atoms with E-state index < -0.39 is 0 Å². The molecule has 0 aliphatic carbocycles. The Kier molecular flexibility index (Phi) is 3.69. The summed E-state index contributed by atoms with van der Waals surface area (Å²) in [6.07, 6.45) is 1.56. The van der Waals surface area contributed by atoms with Gasteiger partial charge in [-0.15, -0.1) is 5.10 Å². The van der Waals surface area contributed by atoms with Crippen molar-refractivity contribution in [3.05, 3.63) is 47.3 Å². The van der Waals surface area contributed by atoms with Gasteiger partial charge in [-0.3, -0.25) is 0 Å². The SMILES string of the molecule is Cc1cc(Nc2nncc(Nc3ccc(C)c(C)c3)n2)no1. The van der Waals surface area contributed by atoms with Crippen LogP contribution in [0.2, 0.25) is 0 Å². The maximum absolute atomic E-state index is 4.98. The van der Waals surface area contributed by atoms with Crippen molar-refractivity contribution in [3.8, 4) is 0 Å². The summed E-state index contributed by atoms with van der Waals surface area (Å²) in [5.41, 5.74) is 3.41. The summed E-state index contributed by atoms with van der Waals surface area (Å²) in [5, 5.41) is 17.8. The molecule has 0 aliphatic rings. The van der Waals surface area contributed by atoms with Gasteiger partial charge in [0.15, 0.2) is 11.6 Å². The van der Waals surface area contributed by atoms with Gasteiger partial charge in [0.25, 0.3) is 0 Å². The molecule has 0 bridgehead atoms. The molecule has 0 radical (unpaired) electrons. The third-order valence-electron chi connectivity index (χ3n) is 3.21. The van der Waals surface area contributed by atoms with Crippen molar-refractivity contribution in [2.45, 2.75) is 20.8 Å². The first kappa shape index (κ1) is 14.0. The molecule has 2 aromatic heterocycles. The molecule has 0 saturated heterocycles. The van der Waals surface area contributed by atoms with Crippen molar-refractivity contribution in [1.29, 1.82) is 0 Å². The van der Waals surface area contributed by atoms with Crippen LogP contribution in [0, 0.1) is 20.8 Å². The van der Waals surface area contributed by atoms with E-state index in [0.29, 0.717) is 23.3 Å². The van der Waals surface area contributed by atoms with Crippen LogP contribution in [0.4, 0.5) is 23.3 Å². The van der Waals surface area contributed by atoms with Gasteiger partial charge in [-0.05, 0) is 44.0 Å². The van der Waals surface area contributed by atoms with E-state index >= 15 is 0 Å². The van der Waals surface area contributed by atoms with E-state index in [4.69, 9.17) is 4.52 Å². The molecule has 3 rings (SSSR count). The third-order valence-corrected chi connectivity index (χ3v) is 3.21. The highest BCUT2D eigenvalue weighted by Crippen LogP contribution is 2.19. The van der Waals surface area contributed by atoms with Crippen molar-refractivity contribution >= 4 is 23.3 Å². The van der Waals surface area contributed by atoms with Gasteiger partial charge >= 0.3 is 0 Å². The number of aryl methyl sites for hydroxylation is 3. The van der Waals surface area contributed by atoms with E-state index in [1.165, 1.54) is 11.1 Å². The molecule has 0 aliphatic heterocycles. The smallest absolute Gasteiger partial charge is 0.250 e. The summed E-state index contributed by atoms with van der Waals surface area (Å²) in [6.45, 7) is 5.96. The summed E-state index contributed by atoms with van der Waals surface area (Å²) < 4.78 is 4.98. The minimum atomic E-state index is 0.349. The van der Waals surface area contributed by atoms with Gasteiger partial charge in [0.1, 0.15) is 5.76 Å². The zero-order valence-corrected chi connectivity index (χ0v) is 12.6. The maximum Gasteiger partial charge on any atom is 0.250 e. The zero-order chi connectivity index (χ0) is 15.5. The highest BCUT2D eigenvalue weighted by atomic mass is 16.5. The molecule has 0 spiro atoms. The quantitative estimate of drug-likeness (QED) is 0.763. The standard InChI is InChI=1S/C15H16N6O/c1-9-4-5-12(6-10(9)2)17-14-8-16-20-15(19-14)18-13-7-11(3)22-21-13/h4-8H,1-3H3,(H2,17,18,19,20,21). The lowest BCUT2D eigenvalue weighted by Gasteiger charge is -2.08. The Morgan fingerprint density at radius 2 is 1.82 bits per heavy atom. The second-order valence-corrected chi connectivity index (χ2v) is 5.04. The van der Waals surface area contributed by atoms with Gasteiger partial charge in [0.2, 0.25) is 5.95 Å². The Labute approximate surface area is 127 Å². The molecule has 0 fully saturated rings. The van der Waals surface area contributed by atoms with Crippen molar-refractivity contribution < 1.29 is 4.52 Å². The molecule has 0 atom stereocenters. The van der Waals surface area contributed by atoms with E-state index in [2.05, 4.69) is 57.0 Å². The summed E-state index contributed by atoms with van der Waals surface area (Å²) in [7, 11) is 0. The number of nitrogens with one attached hydrogen (secondary N) is 2. The fourth-order valence-electron chi connectivity index (χ4n) is 1.92. The molecular formula is C15H16N6O. The number of anilines is 4. The van der Waals surface area contributed by atoms with Crippen LogP contribution < -0.4 is 10.6 Å². The second-order valence-electron chi connectivity index (χ2n) is 5.04. The van der Waals surface area contributed by atoms with Crippen LogP contribution >= 0.6 is 0 Å². The molecule has 3 aromatic rings. The first-order valence-electron chi connectivity index (χ1n) is 6.84. The van der Waals surface area contributed by atoms with Crippen molar-refractivity contribution in [2.75, 3.05) is 10.6 Å². The van der Waals surface area contributed by atoms with Gasteiger partial charge in [-0.25, -0.2) is 0 Å². The first-order chi connectivity index (χ1) is 10.6. The highest BCUT2D eigenvalue weighted by molar-refractivity contribution is 5.58. The van der Waals surface area contributed by atoms with Crippen LogP contribution in [0.25, 0.3) is 0 Å². The molecule has 7 heteroatoms. The third kappa shape index (κ3) is 3.20. The van der Waals surface area contributed by atoms with E-state index in [-0.39, 0.29) is 0 Å². The Balaban J connectivity index is 1.77. The molecule has 22 heavy (non-hydrogen) atoms. The summed E-state index contributed by atoms with van der Waals surface area (Å²) >= 11 is 0. The minimum Gasteiger partial charge on any atom is -0.360 e. The van der Waals surface area contributed by atoms with Crippen LogP contribution in [0.15, 0.2) is 35.0 Å². The number of aromatic nitrogens is 4. The maximum atomic E-state index is 4.98. The molecule has 112 valence electrons. The number of hydrogen-bond donors (Lipinski definition) is 2. The largest absolute Gasteiger partial charge is 0.360 e. The lowest BCUT2D eigenvalue weighted by atomic mass is 10.1. The van der Waals surface area contributed by atoms with E-state index in [9.17, 15) is 0 Å². The fraction of sp³-hybridized carbons (Fsp3) is 0.200. The second kappa shape index (κ2) is 5.80. The number of hydrogen-bond acceptors (Lipinski definition) is 7. The highest BCUT2D eigenvalue weighted by Gasteiger charge is 2.05. The van der Waals surface area contributed by atoms with Crippen molar-refractivity contribution in [1.82, 2.24) is 20.3 Å². The number of rotatable bonds is 4. The van der Waals surface area contributed by atoms with Gasteiger partial charge in [-0.2, -0.15) is 10.1 Å². The van der Waals surface area contributed by atoms with Gasteiger partial charge < -0.3 is 15.2 Å². The summed E-state index contributed by atoms with van der Waals surface area (Å²) in [5.74, 6) is 2.20. The topological polar surface area (TPSA) is 88.8 Å². The Morgan fingerprint density at radius 1 is 0.955 bits per heavy atom. The molecular weight excluding hydrogens is 280 g/mol. The Bertz CT molecular complexity index is 798. The molecule has 7 nitrogen and oxygen atoms in total. The van der Waals surface area contributed by atoms with Gasteiger partial charge in [0.05, 0.1) is 6.20 Å². The van der Waals surface area contributed by atoms with Gasteiger partial charge in [-0.1, -0.05) is 11.2 Å². The Hall–Kier alpha value is -2.96. The van der Waals surface area contributed by atoms with E-state index in [1.54, 1.807) is 12.3 Å². The van der Waals surface area contributed by atoms with Crippen LogP contribution in [-0.2, 0) is 0 Å². The van der Waals surface area contributed by atoms with Crippen molar-refractivity contribution in [2.24, 2.45) is 0 Å². The lowest BCUT2D eigenvalue weighted by molar-refractivity contribution is 0.400. The van der Waals surface area contributed by atoms with Crippen molar-refractivity contribution in [3.63, 3.8) is 0 Å². The minimum absolute atomic E-state index is 0.349. The lowest BCUT2D eigenvalue weighted by Crippen LogP contribution is -2.02. The number of nitrogens with zero attached hydrogens (tertiary/aromatic N) is 4. The average molecular weight is 296 g/mol. The monoisotopic (exact) mass is 296 g/mol. The fourth-order valence-corrected chi connectivity index (χ4v) is 1.92. The molecule has 2 heterocycles. The van der Waals surface area contributed by atoms with Crippen LogP contribution in [0.3, 0.4) is 0 Å². The Morgan fingerprint density at radius 3 is 2.55 bits per heavy atom. The molecule has 0 amide bonds. The van der Waals surface area contributed by atoms with Crippen LogP contribution in [-0.4, -0.2) is 20.3 Å². The van der Waals surface area contributed by atoms with Crippen LogP contribution in [0.5, 0.6) is 0 Å². The predicted molar refractivity (Wildman–Crippen MR) is 83.5 cm³/mol. The summed E-state index contributed by atoms with van der Waals surface area (Å²) in [6, 6.07) is 7.88. The first-order valence-corrected chi connectivity index (χ1v) is 6.84. The molecule has 2 N–H and O–H groups in total. The molecule has 1 aromatic carbocycles. The predicted octanol–water partition coefficient (Wildman–Crippen LogP) is 3.27.